The Morgan fingerprint density at radius 2 is 1.62 bits per heavy atom. The molecule has 0 bridgehead atoms. The normalized spacial score (nSPS) is 15.1. The van der Waals surface area contributed by atoms with Crippen LogP contribution in [-0.4, -0.2) is 35.9 Å². The lowest BCUT2D eigenvalue weighted by molar-refractivity contribution is -0.122. The summed E-state index contributed by atoms with van der Waals surface area (Å²) in [4.78, 5) is 27.3. The summed E-state index contributed by atoms with van der Waals surface area (Å²) in [5.74, 6) is 0.318. The van der Waals surface area contributed by atoms with E-state index in [2.05, 4.69) is 26.1 Å². The van der Waals surface area contributed by atoms with Gasteiger partial charge in [-0.25, -0.2) is 0 Å². The van der Waals surface area contributed by atoms with Gasteiger partial charge < -0.3 is 15.0 Å². The van der Waals surface area contributed by atoms with Crippen molar-refractivity contribution >= 4 is 17.5 Å². The van der Waals surface area contributed by atoms with E-state index in [4.69, 9.17) is 4.74 Å². The Labute approximate surface area is 173 Å². The molecule has 1 heterocycles. The molecule has 1 N–H and O–H groups in total. The summed E-state index contributed by atoms with van der Waals surface area (Å²) in [6, 6.07) is 14.9. The molecule has 1 aliphatic heterocycles. The molecule has 0 aromatic heterocycles. The Morgan fingerprint density at radius 3 is 2.24 bits per heavy atom. The molecule has 154 valence electrons. The molecule has 1 aliphatic rings. The lowest BCUT2D eigenvalue weighted by Gasteiger charge is -2.21. The van der Waals surface area contributed by atoms with Crippen molar-refractivity contribution in [2.75, 3.05) is 18.4 Å². The number of anilines is 1. The average Bonchev–Trinajstić information content (AvgIpc) is 3.22. The number of para-hydroxylation sites is 1. The van der Waals surface area contributed by atoms with Crippen LogP contribution in [0.5, 0.6) is 5.75 Å². The first-order chi connectivity index (χ1) is 13.8. The SMILES string of the molecule is CC(Oc1ccc(C(C)(C)C)cc1)C(=O)Nc1ccccc1C(=O)N1CCCC1. The summed E-state index contributed by atoms with van der Waals surface area (Å²) >= 11 is 0. The van der Waals surface area contributed by atoms with Gasteiger partial charge in [0.25, 0.3) is 11.8 Å². The van der Waals surface area contributed by atoms with E-state index in [1.165, 1.54) is 5.56 Å². The highest BCUT2D eigenvalue weighted by Crippen LogP contribution is 2.25. The molecule has 5 heteroatoms. The first-order valence-corrected chi connectivity index (χ1v) is 10.2. The van der Waals surface area contributed by atoms with Crippen LogP contribution < -0.4 is 10.1 Å². The number of nitrogens with one attached hydrogen (secondary N) is 1. The third-order valence-corrected chi connectivity index (χ3v) is 5.21. The fraction of sp³-hybridized carbons (Fsp3) is 0.417. The van der Waals surface area contributed by atoms with Crippen molar-refractivity contribution < 1.29 is 14.3 Å². The van der Waals surface area contributed by atoms with E-state index in [-0.39, 0.29) is 17.2 Å². The predicted octanol–water partition coefficient (Wildman–Crippen LogP) is 4.63. The molecule has 0 radical (unpaired) electrons. The molecule has 1 unspecified atom stereocenters. The third-order valence-electron chi connectivity index (χ3n) is 5.21. The Hall–Kier alpha value is -2.82. The highest BCUT2D eigenvalue weighted by atomic mass is 16.5. The smallest absolute Gasteiger partial charge is 0.265 e. The van der Waals surface area contributed by atoms with Gasteiger partial charge in [0.15, 0.2) is 6.10 Å². The van der Waals surface area contributed by atoms with Gasteiger partial charge in [-0.3, -0.25) is 9.59 Å². The monoisotopic (exact) mass is 394 g/mol. The lowest BCUT2D eigenvalue weighted by Crippen LogP contribution is -2.32. The van der Waals surface area contributed by atoms with Crippen LogP contribution in [-0.2, 0) is 10.2 Å². The molecule has 0 aliphatic carbocycles. The second-order valence-electron chi connectivity index (χ2n) is 8.57. The zero-order valence-electron chi connectivity index (χ0n) is 17.7. The van der Waals surface area contributed by atoms with Crippen LogP contribution in [0.25, 0.3) is 0 Å². The highest BCUT2D eigenvalue weighted by molar-refractivity contribution is 6.04. The van der Waals surface area contributed by atoms with E-state index >= 15 is 0 Å². The number of likely N-dealkylation sites (tertiary alicyclic amines) is 1. The van der Waals surface area contributed by atoms with Crippen molar-refractivity contribution in [2.45, 2.75) is 52.1 Å². The lowest BCUT2D eigenvalue weighted by atomic mass is 9.87. The molecular weight excluding hydrogens is 364 g/mol. The minimum atomic E-state index is -0.689. The standard InChI is InChI=1S/C24H30N2O3/c1-17(29-19-13-11-18(12-14-19)24(2,3)4)22(27)25-21-10-6-5-9-20(21)23(28)26-15-7-8-16-26/h5-6,9-14,17H,7-8,15-16H2,1-4H3,(H,25,27). The van der Waals surface area contributed by atoms with Gasteiger partial charge in [-0.2, -0.15) is 0 Å². The number of carbonyl (C=O) groups is 2. The van der Waals surface area contributed by atoms with Gasteiger partial charge >= 0.3 is 0 Å². The maximum Gasteiger partial charge on any atom is 0.265 e. The molecule has 3 rings (SSSR count). The third kappa shape index (κ3) is 5.17. The van der Waals surface area contributed by atoms with E-state index < -0.39 is 6.10 Å². The van der Waals surface area contributed by atoms with Gasteiger partial charge in [0.05, 0.1) is 11.3 Å². The number of ether oxygens (including phenoxy) is 1. The summed E-state index contributed by atoms with van der Waals surface area (Å²) < 4.78 is 5.81. The van der Waals surface area contributed by atoms with Crippen molar-refractivity contribution in [3.8, 4) is 5.75 Å². The molecular formula is C24H30N2O3. The minimum Gasteiger partial charge on any atom is -0.481 e. The van der Waals surface area contributed by atoms with E-state index in [0.29, 0.717) is 17.0 Å². The topological polar surface area (TPSA) is 58.6 Å². The van der Waals surface area contributed by atoms with Gasteiger partial charge in [0, 0.05) is 13.1 Å². The molecule has 5 nitrogen and oxygen atoms in total. The van der Waals surface area contributed by atoms with Gasteiger partial charge in [-0.1, -0.05) is 45.0 Å². The maximum atomic E-state index is 12.8. The van der Waals surface area contributed by atoms with Crippen LogP contribution in [0, 0.1) is 0 Å². The van der Waals surface area contributed by atoms with Crippen molar-refractivity contribution in [3.05, 3.63) is 59.7 Å². The fourth-order valence-corrected chi connectivity index (χ4v) is 3.39. The van der Waals surface area contributed by atoms with Crippen LogP contribution in [0.15, 0.2) is 48.5 Å². The first kappa shape index (κ1) is 20.9. The van der Waals surface area contributed by atoms with Crippen LogP contribution in [0.2, 0.25) is 0 Å². The van der Waals surface area contributed by atoms with Gasteiger partial charge in [-0.05, 0) is 55.0 Å². The average molecular weight is 395 g/mol. The zero-order valence-corrected chi connectivity index (χ0v) is 17.7. The van der Waals surface area contributed by atoms with Gasteiger partial charge in [-0.15, -0.1) is 0 Å². The van der Waals surface area contributed by atoms with E-state index in [1.54, 1.807) is 19.1 Å². The largest absolute Gasteiger partial charge is 0.481 e. The second-order valence-corrected chi connectivity index (χ2v) is 8.57. The molecule has 2 aromatic rings. The summed E-state index contributed by atoms with van der Waals surface area (Å²) in [5, 5.41) is 2.86. The molecule has 1 atom stereocenters. The number of amides is 2. The number of hydrogen-bond donors (Lipinski definition) is 1. The first-order valence-electron chi connectivity index (χ1n) is 10.2. The van der Waals surface area contributed by atoms with Crippen LogP contribution in [0.1, 0.15) is 56.5 Å². The maximum absolute atomic E-state index is 12.8. The number of carbonyl (C=O) groups excluding carboxylic acids is 2. The Kier molecular flexibility index (Phi) is 6.26. The summed E-state index contributed by atoms with van der Waals surface area (Å²) in [6.45, 7) is 9.70. The quantitative estimate of drug-likeness (QED) is 0.805. The molecule has 2 aromatic carbocycles. The zero-order chi connectivity index (χ0) is 21.0. The van der Waals surface area contributed by atoms with Crippen LogP contribution >= 0.6 is 0 Å². The van der Waals surface area contributed by atoms with E-state index in [1.807, 2.05) is 41.3 Å². The van der Waals surface area contributed by atoms with Crippen LogP contribution in [0.3, 0.4) is 0 Å². The van der Waals surface area contributed by atoms with Crippen LogP contribution in [0.4, 0.5) is 5.69 Å². The Balaban J connectivity index is 1.66. The Morgan fingerprint density at radius 1 is 1.00 bits per heavy atom. The van der Waals surface area contributed by atoms with E-state index in [0.717, 1.165) is 25.9 Å². The van der Waals surface area contributed by atoms with E-state index in [9.17, 15) is 9.59 Å². The highest BCUT2D eigenvalue weighted by Gasteiger charge is 2.23. The minimum absolute atomic E-state index is 0.0373. The molecule has 2 amide bonds. The van der Waals surface area contributed by atoms with Crippen molar-refractivity contribution in [3.63, 3.8) is 0 Å². The number of rotatable bonds is 5. The van der Waals surface area contributed by atoms with Crippen molar-refractivity contribution in [1.29, 1.82) is 0 Å². The molecule has 0 spiro atoms. The summed E-state index contributed by atoms with van der Waals surface area (Å²) in [7, 11) is 0. The van der Waals surface area contributed by atoms with Crippen molar-refractivity contribution in [2.24, 2.45) is 0 Å². The summed E-state index contributed by atoms with van der Waals surface area (Å²) in [5.41, 5.74) is 2.31. The Bertz CT molecular complexity index is 862. The number of benzene rings is 2. The molecule has 0 saturated carbocycles. The van der Waals surface area contributed by atoms with Gasteiger partial charge in [0.1, 0.15) is 5.75 Å². The summed E-state index contributed by atoms with van der Waals surface area (Å²) in [6.07, 6.45) is 1.36. The van der Waals surface area contributed by atoms with Crippen molar-refractivity contribution in [1.82, 2.24) is 4.90 Å². The molecule has 1 fully saturated rings. The van der Waals surface area contributed by atoms with Gasteiger partial charge in [0.2, 0.25) is 0 Å². The fourth-order valence-electron chi connectivity index (χ4n) is 3.39. The molecule has 29 heavy (non-hydrogen) atoms. The number of hydrogen-bond acceptors (Lipinski definition) is 3. The second kappa shape index (κ2) is 8.68. The predicted molar refractivity (Wildman–Crippen MR) is 115 cm³/mol. The number of nitrogens with zero attached hydrogens (tertiary/aromatic N) is 1. The molecule has 1 saturated heterocycles.